The Kier molecular flexibility index (Phi) is 4.35. The fraction of sp³-hybridized carbons (Fsp3) is 0.700. The third-order valence-electron chi connectivity index (χ3n) is 1.99. The normalized spacial score (nSPS) is 10.9. The van der Waals surface area contributed by atoms with Crippen LogP contribution in [0.4, 0.5) is 5.13 Å². The first-order chi connectivity index (χ1) is 6.67. The SMILES string of the molecule is CCN(CC(C)C)c1nc(CN)cs1. The zero-order chi connectivity index (χ0) is 10.6. The lowest BCUT2D eigenvalue weighted by Gasteiger charge is -2.21. The molecule has 0 atom stereocenters. The number of hydrogen-bond donors (Lipinski definition) is 1. The molecule has 1 aromatic rings. The van der Waals surface area contributed by atoms with Gasteiger partial charge in [0, 0.05) is 25.0 Å². The van der Waals surface area contributed by atoms with Crippen LogP contribution in [0, 0.1) is 5.92 Å². The van der Waals surface area contributed by atoms with Crippen molar-refractivity contribution in [2.24, 2.45) is 11.7 Å². The van der Waals surface area contributed by atoms with Crippen molar-refractivity contribution in [3.63, 3.8) is 0 Å². The molecule has 0 amide bonds. The van der Waals surface area contributed by atoms with Gasteiger partial charge in [-0.2, -0.15) is 0 Å². The number of hydrogen-bond acceptors (Lipinski definition) is 4. The summed E-state index contributed by atoms with van der Waals surface area (Å²) >= 11 is 1.68. The topological polar surface area (TPSA) is 42.2 Å². The average Bonchev–Trinajstić information content (AvgIpc) is 2.62. The van der Waals surface area contributed by atoms with Crippen molar-refractivity contribution in [1.82, 2.24) is 4.98 Å². The largest absolute Gasteiger partial charge is 0.348 e. The van der Waals surface area contributed by atoms with Gasteiger partial charge in [-0.15, -0.1) is 11.3 Å². The molecular weight excluding hydrogens is 194 g/mol. The van der Waals surface area contributed by atoms with E-state index < -0.39 is 0 Å². The zero-order valence-corrected chi connectivity index (χ0v) is 9.97. The fourth-order valence-electron chi connectivity index (χ4n) is 1.32. The van der Waals surface area contributed by atoms with Gasteiger partial charge < -0.3 is 10.6 Å². The maximum Gasteiger partial charge on any atom is 0.185 e. The Bertz CT molecular complexity index is 270. The van der Waals surface area contributed by atoms with Crippen LogP contribution in [0.1, 0.15) is 26.5 Å². The van der Waals surface area contributed by atoms with Crippen LogP contribution in [0.15, 0.2) is 5.38 Å². The molecule has 0 saturated carbocycles. The van der Waals surface area contributed by atoms with Crippen LogP contribution in [-0.4, -0.2) is 18.1 Å². The zero-order valence-electron chi connectivity index (χ0n) is 9.16. The number of rotatable bonds is 5. The summed E-state index contributed by atoms with van der Waals surface area (Å²) in [6, 6.07) is 0. The molecule has 0 spiro atoms. The first kappa shape index (κ1) is 11.5. The molecule has 4 heteroatoms. The molecule has 0 aliphatic rings. The van der Waals surface area contributed by atoms with Gasteiger partial charge in [0.15, 0.2) is 5.13 Å². The molecule has 0 aliphatic heterocycles. The Morgan fingerprint density at radius 2 is 2.29 bits per heavy atom. The van der Waals surface area contributed by atoms with Gasteiger partial charge in [-0.25, -0.2) is 4.98 Å². The molecule has 0 radical (unpaired) electrons. The van der Waals surface area contributed by atoms with Crippen LogP contribution < -0.4 is 10.6 Å². The Balaban J connectivity index is 2.68. The average molecular weight is 213 g/mol. The van der Waals surface area contributed by atoms with E-state index in [1.54, 1.807) is 11.3 Å². The lowest BCUT2D eigenvalue weighted by molar-refractivity contribution is 0.617. The Labute approximate surface area is 89.9 Å². The Morgan fingerprint density at radius 1 is 1.57 bits per heavy atom. The fourth-order valence-corrected chi connectivity index (χ4v) is 2.23. The van der Waals surface area contributed by atoms with E-state index in [1.807, 2.05) is 5.38 Å². The second-order valence-electron chi connectivity index (χ2n) is 3.76. The van der Waals surface area contributed by atoms with Crippen molar-refractivity contribution in [3.8, 4) is 0 Å². The van der Waals surface area contributed by atoms with Gasteiger partial charge >= 0.3 is 0 Å². The third kappa shape index (κ3) is 2.96. The van der Waals surface area contributed by atoms with Gasteiger partial charge in [0.1, 0.15) is 0 Å². The highest BCUT2D eigenvalue weighted by Crippen LogP contribution is 2.20. The quantitative estimate of drug-likeness (QED) is 0.814. The van der Waals surface area contributed by atoms with E-state index >= 15 is 0 Å². The molecular formula is C10H19N3S. The summed E-state index contributed by atoms with van der Waals surface area (Å²) in [6.45, 7) is 9.21. The van der Waals surface area contributed by atoms with E-state index in [9.17, 15) is 0 Å². The number of nitrogens with zero attached hydrogens (tertiary/aromatic N) is 2. The van der Waals surface area contributed by atoms with E-state index in [1.165, 1.54) is 0 Å². The second kappa shape index (κ2) is 5.32. The molecule has 3 nitrogen and oxygen atoms in total. The minimum absolute atomic E-state index is 0.537. The highest BCUT2D eigenvalue weighted by molar-refractivity contribution is 7.13. The summed E-state index contributed by atoms with van der Waals surface area (Å²) in [4.78, 5) is 6.77. The van der Waals surface area contributed by atoms with Crippen molar-refractivity contribution >= 4 is 16.5 Å². The van der Waals surface area contributed by atoms with E-state index in [-0.39, 0.29) is 0 Å². The first-order valence-electron chi connectivity index (χ1n) is 5.06. The predicted molar refractivity (Wildman–Crippen MR) is 62.7 cm³/mol. The molecule has 0 aromatic carbocycles. The number of aromatic nitrogens is 1. The van der Waals surface area contributed by atoms with Gasteiger partial charge in [0.05, 0.1) is 5.69 Å². The smallest absolute Gasteiger partial charge is 0.185 e. The van der Waals surface area contributed by atoms with Gasteiger partial charge in [0.25, 0.3) is 0 Å². The minimum Gasteiger partial charge on any atom is -0.348 e. The molecule has 1 rings (SSSR count). The maximum absolute atomic E-state index is 5.53. The van der Waals surface area contributed by atoms with Crippen LogP contribution in [0.25, 0.3) is 0 Å². The van der Waals surface area contributed by atoms with E-state index in [0.29, 0.717) is 12.5 Å². The molecule has 0 fully saturated rings. The van der Waals surface area contributed by atoms with Gasteiger partial charge in [-0.3, -0.25) is 0 Å². The highest BCUT2D eigenvalue weighted by Gasteiger charge is 2.10. The second-order valence-corrected chi connectivity index (χ2v) is 4.59. The molecule has 1 heterocycles. The van der Waals surface area contributed by atoms with Crippen LogP contribution in [0.2, 0.25) is 0 Å². The van der Waals surface area contributed by atoms with Crippen molar-refractivity contribution in [1.29, 1.82) is 0 Å². The monoisotopic (exact) mass is 213 g/mol. The van der Waals surface area contributed by atoms with Crippen LogP contribution in [0.5, 0.6) is 0 Å². The lowest BCUT2D eigenvalue weighted by atomic mass is 10.2. The standard InChI is InChI=1S/C10H19N3S/c1-4-13(6-8(2)3)10-12-9(5-11)7-14-10/h7-8H,4-6,11H2,1-3H3. The van der Waals surface area contributed by atoms with Crippen LogP contribution in [-0.2, 0) is 6.54 Å². The Morgan fingerprint density at radius 3 is 2.71 bits per heavy atom. The van der Waals surface area contributed by atoms with Crippen LogP contribution in [0.3, 0.4) is 0 Å². The van der Waals surface area contributed by atoms with Gasteiger partial charge in [-0.05, 0) is 12.8 Å². The number of anilines is 1. The summed E-state index contributed by atoms with van der Waals surface area (Å²) in [5.41, 5.74) is 6.52. The van der Waals surface area contributed by atoms with Crippen LogP contribution >= 0.6 is 11.3 Å². The third-order valence-corrected chi connectivity index (χ3v) is 2.94. The maximum atomic E-state index is 5.53. The molecule has 80 valence electrons. The molecule has 0 bridgehead atoms. The van der Waals surface area contributed by atoms with Crippen molar-refractivity contribution in [2.75, 3.05) is 18.0 Å². The van der Waals surface area contributed by atoms with Crippen molar-refractivity contribution in [3.05, 3.63) is 11.1 Å². The molecule has 0 aliphatic carbocycles. The van der Waals surface area contributed by atoms with E-state index in [4.69, 9.17) is 5.73 Å². The molecule has 0 unspecified atom stereocenters. The summed E-state index contributed by atoms with van der Waals surface area (Å²) in [7, 11) is 0. The number of thiazole rings is 1. The summed E-state index contributed by atoms with van der Waals surface area (Å²) in [6.07, 6.45) is 0. The molecule has 0 saturated heterocycles. The molecule has 14 heavy (non-hydrogen) atoms. The molecule has 2 N–H and O–H groups in total. The Hall–Kier alpha value is -0.610. The minimum atomic E-state index is 0.537. The number of nitrogens with two attached hydrogens (primary N) is 1. The van der Waals surface area contributed by atoms with E-state index in [2.05, 4.69) is 30.7 Å². The summed E-state index contributed by atoms with van der Waals surface area (Å²) in [5.74, 6) is 0.667. The van der Waals surface area contributed by atoms with Crippen molar-refractivity contribution < 1.29 is 0 Å². The molecule has 1 aromatic heterocycles. The van der Waals surface area contributed by atoms with Gasteiger partial charge in [-0.1, -0.05) is 13.8 Å². The predicted octanol–water partition coefficient (Wildman–Crippen LogP) is 2.08. The summed E-state index contributed by atoms with van der Waals surface area (Å²) in [5, 5.41) is 3.14. The van der Waals surface area contributed by atoms with E-state index in [0.717, 1.165) is 23.9 Å². The summed E-state index contributed by atoms with van der Waals surface area (Å²) < 4.78 is 0. The van der Waals surface area contributed by atoms with Crippen molar-refractivity contribution in [2.45, 2.75) is 27.3 Å². The lowest BCUT2D eigenvalue weighted by Crippen LogP contribution is -2.27. The first-order valence-corrected chi connectivity index (χ1v) is 5.94. The van der Waals surface area contributed by atoms with Gasteiger partial charge in [0.2, 0.25) is 0 Å². The highest BCUT2D eigenvalue weighted by atomic mass is 32.1.